The normalized spacial score (nSPS) is 19.7. The predicted molar refractivity (Wildman–Crippen MR) is 294 cm³/mol. The third-order valence-electron chi connectivity index (χ3n) is 12.2. The van der Waals surface area contributed by atoms with Crippen LogP contribution in [0.4, 0.5) is 0 Å². The summed E-state index contributed by atoms with van der Waals surface area (Å²) in [5.41, 5.74) is 0. The minimum absolute atomic E-state index is 0.0208. The zero-order valence-corrected chi connectivity index (χ0v) is 45.5. The highest BCUT2D eigenvalue weighted by molar-refractivity contribution is 7.80. The summed E-state index contributed by atoms with van der Waals surface area (Å²) < 4.78 is 59.4. The lowest BCUT2D eigenvalue weighted by atomic mass is 9.99. The Labute approximate surface area is 437 Å². The van der Waals surface area contributed by atoms with Crippen LogP contribution in [0.5, 0.6) is 0 Å². The van der Waals surface area contributed by atoms with Crippen LogP contribution in [0.15, 0.2) is 97.2 Å². The second kappa shape index (κ2) is 48.9. The van der Waals surface area contributed by atoms with E-state index < -0.39 is 59.8 Å². The van der Waals surface area contributed by atoms with Gasteiger partial charge in [-0.25, -0.2) is 4.18 Å². The van der Waals surface area contributed by atoms with Gasteiger partial charge in [0.25, 0.3) is 0 Å². The SMILES string of the molecule is CC/C=C\C/C=C\C/C=C\C/C=C\C/C=C\C/C=C\CCCCCCCCCOCC(COC1OC(CO)C(O)C(OS(=O)(=O)O)C1O)OC(=O)CCCCCCCCCCC/C=C\C/C=C\CCCCC. The molecule has 0 aliphatic carbocycles. The Morgan fingerprint density at radius 3 is 1.40 bits per heavy atom. The standard InChI is InChI=1S/C59H100O12S/c1-3-5-7-9-11-13-15-17-19-21-23-24-25-26-27-28-29-31-33-35-37-39-41-43-45-47-49-67-51-53(52-68-59-57(63)58(71-72(64,65)66)56(62)54(50-60)70-59)69-55(61)48-46-44-42-40-38-36-34-32-30-22-20-18-16-14-12-10-8-6-4-2/h5,7,11-14,17-20,23-24,26-27,29,31,53-54,56-60,62-63H,3-4,6,8-10,15-16,21-22,25,28,30,32-52H2,1-2H3,(H,64,65,66)/b7-5-,13-11-,14-12-,19-17-,20-18-,24-23-,27-26-,31-29-. The molecule has 6 unspecified atom stereocenters. The molecule has 4 N–H and O–H groups in total. The molecular formula is C59H100O12S. The molecule has 0 aromatic rings. The van der Waals surface area contributed by atoms with Gasteiger partial charge in [0.2, 0.25) is 0 Å². The number of carbonyl (C=O) groups is 1. The van der Waals surface area contributed by atoms with Crippen LogP contribution in [-0.2, 0) is 38.3 Å². The van der Waals surface area contributed by atoms with Gasteiger partial charge in [0.05, 0.1) is 19.8 Å². The van der Waals surface area contributed by atoms with Gasteiger partial charge in [0.1, 0.15) is 30.5 Å². The van der Waals surface area contributed by atoms with Crippen molar-refractivity contribution in [3.05, 3.63) is 97.2 Å². The van der Waals surface area contributed by atoms with Crippen molar-refractivity contribution in [1.82, 2.24) is 0 Å². The molecule has 0 bridgehead atoms. The Balaban J connectivity index is 2.34. The molecule has 13 heteroatoms. The summed E-state index contributed by atoms with van der Waals surface area (Å²) in [7, 11) is -5.07. The monoisotopic (exact) mass is 1030 g/mol. The summed E-state index contributed by atoms with van der Waals surface area (Å²) >= 11 is 0. The van der Waals surface area contributed by atoms with E-state index in [0.29, 0.717) is 13.0 Å². The number of carbonyl (C=O) groups excluding carboxylic acids is 1. The number of rotatable bonds is 48. The third kappa shape index (κ3) is 41.4. The van der Waals surface area contributed by atoms with E-state index in [-0.39, 0.29) is 19.6 Å². The molecule has 414 valence electrons. The number of esters is 1. The van der Waals surface area contributed by atoms with Crippen LogP contribution < -0.4 is 0 Å². The average Bonchev–Trinajstić information content (AvgIpc) is 3.36. The van der Waals surface area contributed by atoms with Gasteiger partial charge in [-0.1, -0.05) is 201 Å². The van der Waals surface area contributed by atoms with Gasteiger partial charge in [-0.05, 0) is 96.3 Å². The highest BCUT2D eigenvalue weighted by Crippen LogP contribution is 2.26. The summed E-state index contributed by atoms with van der Waals surface area (Å²) in [6.45, 7) is 3.82. The summed E-state index contributed by atoms with van der Waals surface area (Å²) in [5, 5.41) is 30.8. The molecule has 6 atom stereocenters. The lowest BCUT2D eigenvalue weighted by Crippen LogP contribution is -2.60. The molecule has 0 aromatic carbocycles. The molecule has 0 spiro atoms. The number of aliphatic hydroxyl groups is 3. The van der Waals surface area contributed by atoms with Crippen LogP contribution in [-0.4, -0.2) is 97.5 Å². The van der Waals surface area contributed by atoms with Crippen molar-refractivity contribution in [2.45, 2.75) is 243 Å². The first kappa shape index (κ1) is 67.0. The lowest BCUT2D eigenvalue weighted by molar-refractivity contribution is -0.301. The summed E-state index contributed by atoms with van der Waals surface area (Å²) in [4.78, 5) is 12.9. The van der Waals surface area contributed by atoms with Gasteiger partial charge in [0, 0.05) is 13.0 Å². The Bertz CT molecular complexity index is 1620. The molecule has 0 saturated carbocycles. The molecule has 0 aromatic heterocycles. The summed E-state index contributed by atoms with van der Waals surface area (Å²) in [6.07, 6.45) is 58.6. The average molecular weight is 1030 g/mol. The molecule has 1 fully saturated rings. The van der Waals surface area contributed by atoms with E-state index in [4.69, 9.17) is 18.9 Å². The van der Waals surface area contributed by atoms with Crippen molar-refractivity contribution in [1.29, 1.82) is 0 Å². The van der Waals surface area contributed by atoms with Crippen LogP contribution in [0, 0.1) is 0 Å². The van der Waals surface area contributed by atoms with Crippen LogP contribution in [0.1, 0.15) is 206 Å². The third-order valence-corrected chi connectivity index (χ3v) is 12.7. The number of hydrogen-bond acceptors (Lipinski definition) is 11. The van der Waals surface area contributed by atoms with Crippen molar-refractivity contribution < 1.29 is 56.2 Å². The zero-order valence-electron chi connectivity index (χ0n) is 44.7. The van der Waals surface area contributed by atoms with Crippen molar-refractivity contribution in [3.63, 3.8) is 0 Å². The molecule has 72 heavy (non-hydrogen) atoms. The molecule has 1 rings (SSSR count). The Kier molecular flexibility index (Phi) is 45.6. The molecule has 1 aliphatic rings. The van der Waals surface area contributed by atoms with E-state index in [2.05, 4.69) is 115 Å². The summed E-state index contributed by atoms with van der Waals surface area (Å²) in [6, 6.07) is 0. The quantitative estimate of drug-likeness (QED) is 0.0196. The van der Waals surface area contributed by atoms with E-state index in [1.165, 1.54) is 77.0 Å². The lowest BCUT2D eigenvalue weighted by Gasteiger charge is -2.41. The highest BCUT2D eigenvalue weighted by Gasteiger charge is 2.48. The van der Waals surface area contributed by atoms with Crippen molar-refractivity contribution in [2.75, 3.05) is 26.4 Å². The zero-order chi connectivity index (χ0) is 52.4. The molecule has 1 saturated heterocycles. The maximum atomic E-state index is 12.9. The summed E-state index contributed by atoms with van der Waals surface area (Å²) in [5.74, 6) is -0.411. The first-order valence-corrected chi connectivity index (χ1v) is 29.4. The number of hydrogen-bond donors (Lipinski definition) is 4. The number of aliphatic hydroxyl groups excluding tert-OH is 3. The molecule has 1 heterocycles. The van der Waals surface area contributed by atoms with E-state index in [0.717, 1.165) is 103 Å². The van der Waals surface area contributed by atoms with E-state index in [1.807, 2.05) is 0 Å². The maximum Gasteiger partial charge on any atom is 0.397 e. The van der Waals surface area contributed by atoms with Gasteiger partial charge >= 0.3 is 16.4 Å². The predicted octanol–water partition coefficient (Wildman–Crippen LogP) is 13.8. The molecule has 0 amide bonds. The topological polar surface area (TPSA) is 178 Å². The molecule has 1 aliphatic heterocycles. The minimum atomic E-state index is -5.07. The second-order valence-electron chi connectivity index (χ2n) is 18.8. The van der Waals surface area contributed by atoms with Crippen LogP contribution in [0.25, 0.3) is 0 Å². The second-order valence-corrected chi connectivity index (χ2v) is 19.8. The largest absolute Gasteiger partial charge is 0.457 e. The fourth-order valence-electron chi connectivity index (χ4n) is 8.00. The van der Waals surface area contributed by atoms with E-state index in [9.17, 15) is 33.1 Å². The Hall–Kier alpha value is -2.98. The molecule has 12 nitrogen and oxygen atoms in total. The van der Waals surface area contributed by atoms with E-state index in [1.54, 1.807) is 0 Å². The number of unbranched alkanes of at least 4 members (excludes halogenated alkanes) is 19. The molecule has 0 radical (unpaired) electrons. The van der Waals surface area contributed by atoms with Crippen molar-refractivity contribution >= 4 is 16.4 Å². The van der Waals surface area contributed by atoms with Gasteiger partial charge in [-0.3, -0.25) is 9.35 Å². The Morgan fingerprint density at radius 1 is 0.542 bits per heavy atom. The van der Waals surface area contributed by atoms with Crippen LogP contribution in [0.2, 0.25) is 0 Å². The molecular weight excluding hydrogens is 933 g/mol. The van der Waals surface area contributed by atoms with E-state index >= 15 is 0 Å². The van der Waals surface area contributed by atoms with Gasteiger partial charge in [0.15, 0.2) is 6.29 Å². The fraction of sp³-hybridized carbons (Fsp3) is 0.712. The van der Waals surface area contributed by atoms with Gasteiger partial charge in [-0.15, -0.1) is 0 Å². The van der Waals surface area contributed by atoms with Gasteiger partial charge < -0.3 is 34.3 Å². The first-order valence-electron chi connectivity index (χ1n) is 28.0. The minimum Gasteiger partial charge on any atom is -0.457 e. The van der Waals surface area contributed by atoms with Crippen LogP contribution >= 0.6 is 0 Å². The number of allylic oxidation sites excluding steroid dienone is 16. The first-order chi connectivity index (χ1) is 35.1. The van der Waals surface area contributed by atoms with Crippen molar-refractivity contribution in [2.24, 2.45) is 0 Å². The maximum absolute atomic E-state index is 12.9. The van der Waals surface area contributed by atoms with Gasteiger partial charge in [-0.2, -0.15) is 8.42 Å². The highest BCUT2D eigenvalue weighted by atomic mass is 32.3. The Morgan fingerprint density at radius 2 is 0.958 bits per heavy atom. The number of ether oxygens (including phenoxy) is 4. The fourth-order valence-corrected chi connectivity index (χ4v) is 8.51. The smallest absolute Gasteiger partial charge is 0.397 e. The van der Waals surface area contributed by atoms with Crippen molar-refractivity contribution in [3.8, 4) is 0 Å². The van der Waals surface area contributed by atoms with Crippen LogP contribution in [0.3, 0.4) is 0 Å².